The summed E-state index contributed by atoms with van der Waals surface area (Å²) < 4.78 is 32.7. The number of halogens is 3. The number of carbonyl (C=O) groups excluding carboxylic acids is 1. The number of hydrogen-bond acceptors (Lipinski definition) is 5. The van der Waals surface area contributed by atoms with Crippen LogP contribution >= 0.6 is 11.6 Å². The van der Waals surface area contributed by atoms with Crippen molar-refractivity contribution < 1.29 is 28.5 Å². The van der Waals surface area contributed by atoms with Gasteiger partial charge in [-0.25, -0.2) is 4.39 Å². The second-order valence-corrected chi connectivity index (χ2v) is 4.81. The largest absolute Gasteiger partial charge is 0.393 e. The standard InChI is InChI=1S/C11H13ClF2N2O4/c1-5-15-9(19)6(13)2-16(5)10-7(14)8(18)11(3-12,4-17)20-10/h2,7-8,10,17-18H,1,3-4H2,(H,15,19)/t7-,8+,10-,11-/m1/s1. The first-order valence-corrected chi connectivity index (χ1v) is 6.22. The van der Waals surface area contributed by atoms with Crippen LogP contribution in [0, 0.1) is 0 Å². The van der Waals surface area contributed by atoms with Crippen molar-refractivity contribution in [2.24, 2.45) is 0 Å². The van der Waals surface area contributed by atoms with Gasteiger partial charge in [-0.3, -0.25) is 4.79 Å². The number of alkyl halides is 2. The molecule has 0 aromatic rings. The second-order valence-electron chi connectivity index (χ2n) is 4.54. The van der Waals surface area contributed by atoms with Gasteiger partial charge in [-0.2, -0.15) is 4.39 Å². The summed E-state index contributed by atoms with van der Waals surface area (Å²) in [6, 6.07) is 0. The van der Waals surface area contributed by atoms with Crippen LogP contribution in [0.5, 0.6) is 0 Å². The molecular weight excluding hydrogens is 298 g/mol. The summed E-state index contributed by atoms with van der Waals surface area (Å²) in [7, 11) is 0. The molecule has 0 spiro atoms. The number of aliphatic hydroxyl groups is 2. The molecule has 2 aliphatic heterocycles. The van der Waals surface area contributed by atoms with Crippen LogP contribution in [0.3, 0.4) is 0 Å². The van der Waals surface area contributed by atoms with Gasteiger partial charge in [0.25, 0.3) is 5.91 Å². The summed E-state index contributed by atoms with van der Waals surface area (Å²) in [6.45, 7) is 2.73. The zero-order valence-electron chi connectivity index (χ0n) is 10.2. The molecule has 0 aromatic heterocycles. The molecule has 0 radical (unpaired) electrons. The minimum Gasteiger partial charge on any atom is -0.393 e. The van der Waals surface area contributed by atoms with Crippen LogP contribution in [0.4, 0.5) is 8.78 Å². The fraction of sp³-hybridized carbons (Fsp3) is 0.545. The first-order valence-electron chi connectivity index (χ1n) is 5.69. The van der Waals surface area contributed by atoms with Crippen molar-refractivity contribution in [3.63, 3.8) is 0 Å². The molecule has 3 N–H and O–H groups in total. The highest BCUT2D eigenvalue weighted by molar-refractivity contribution is 6.18. The predicted octanol–water partition coefficient (Wildman–Crippen LogP) is -0.275. The second kappa shape index (κ2) is 5.28. The van der Waals surface area contributed by atoms with Crippen LogP contribution in [-0.2, 0) is 9.53 Å². The molecule has 1 amide bonds. The van der Waals surface area contributed by atoms with E-state index in [0.29, 0.717) is 6.20 Å². The molecule has 1 fully saturated rings. The Kier molecular flexibility index (Phi) is 4.01. The van der Waals surface area contributed by atoms with E-state index in [1.807, 2.05) is 0 Å². The molecule has 20 heavy (non-hydrogen) atoms. The lowest BCUT2D eigenvalue weighted by Gasteiger charge is -2.33. The molecular formula is C11H13ClF2N2O4. The van der Waals surface area contributed by atoms with Crippen LogP contribution in [0.1, 0.15) is 0 Å². The molecule has 0 saturated carbocycles. The quantitative estimate of drug-likeness (QED) is 0.625. The normalized spacial score (nSPS) is 38.0. The third kappa shape index (κ3) is 2.18. The maximum Gasteiger partial charge on any atom is 0.287 e. The number of nitrogens with one attached hydrogen (secondary N) is 1. The molecule has 4 atom stereocenters. The zero-order valence-corrected chi connectivity index (χ0v) is 11.0. The molecule has 112 valence electrons. The van der Waals surface area contributed by atoms with Crippen molar-refractivity contribution in [2.45, 2.75) is 24.1 Å². The highest BCUT2D eigenvalue weighted by atomic mass is 35.5. The number of carbonyl (C=O) groups is 1. The van der Waals surface area contributed by atoms with E-state index in [1.54, 1.807) is 0 Å². The molecule has 0 aromatic carbocycles. The van der Waals surface area contributed by atoms with Gasteiger partial charge in [0.15, 0.2) is 12.4 Å². The molecule has 0 bridgehead atoms. The first-order chi connectivity index (χ1) is 9.36. The van der Waals surface area contributed by atoms with E-state index in [2.05, 4.69) is 11.9 Å². The van der Waals surface area contributed by atoms with Crippen molar-refractivity contribution in [1.29, 1.82) is 0 Å². The monoisotopic (exact) mass is 310 g/mol. The number of ether oxygens (including phenoxy) is 1. The summed E-state index contributed by atoms with van der Waals surface area (Å²) in [5.41, 5.74) is -1.70. The molecule has 0 aliphatic carbocycles. The van der Waals surface area contributed by atoms with E-state index in [4.69, 9.17) is 16.3 Å². The number of hydrogen-bond donors (Lipinski definition) is 3. The Balaban J connectivity index is 2.30. The Morgan fingerprint density at radius 1 is 1.65 bits per heavy atom. The van der Waals surface area contributed by atoms with Crippen LogP contribution < -0.4 is 5.32 Å². The van der Waals surface area contributed by atoms with E-state index in [-0.39, 0.29) is 11.7 Å². The summed E-state index contributed by atoms with van der Waals surface area (Å²) in [6.07, 6.45) is -4.42. The Bertz CT molecular complexity index is 469. The van der Waals surface area contributed by atoms with E-state index < -0.39 is 42.4 Å². The van der Waals surface area contributed by atoms with Crippen molar-refractivity contribution in [3.05, 3.63) is 24.4 Å². The summed E-state index contributed by atoms with van der Waals surface area (Å²) in [5.74, 6) is -2.64. The van der Waals surface area contributed by atoms with Crippen LogP contribution in [0.15, 0.2) is 24.4 Å². The van der Waals surface area contributed by atoms with Gasteiger partial charge in [0.05, 0.1) is 12.5 Å². The number of nitrogens with zero attached hydrogens (tertiary/aromatic N) is 1. The fourth-order valence-electron chi connectivity index (χ4n) is 2.06. The average molecular weight is 311 g/mol. The highest BCUT2D eigenvalue weighted by Crippen LogP contribution is 2.37. The number of rotatable bonds is 3. The maximum atomic E-state index is 14.1. The zero-order chi connectivity index (χ0) is 15.1. The average Bonchev–Trinajstić information content (AvgIpc) is 2.68. The van der Waals surface area contributed by atoms with Crippen LogP contribution in [-0.4, -0.2) is 57.6 Å². The van der Waals surface area contributed by atoms with Gasteiger partial charge in [-0.1, -0.05) is 6.58 Å². The Hall–Kier alpha value is -1.22. The predicted molar refractivity (Wildman–Crippen MR) is 64.6 cm³/mol. The van der Waals surface area contributed by atoms with Gasteiger partial charge in [0, 0.05) is 6.20 Å². The van der Waals surface area contributed by atoms with Gasteiger partial charge in [0.1, 0.15) is 17.5 Å². The maximum absolute atomic E-state index is 14.1. The van der Waals surface area contributed by atoms with Crippen molar-refractivity contribution in [3.8, 4) is 0 Å². The molecule has 2 rings (SSSR count). The van der Waals surface area contributed by atoms with Crippen LogP contribution in [0.2, 0.25) is 0 Å². The minimum absolute atomic E-state index is 0.112. The number of aliphatic hydroxyl groups excluding tert-OH is 2. The first kappa shape index (κ1) is 15.2. The lowest BCUT2D eigenvalue weighted by atomic mass is 9.99. The third-order valence-corrected chi connectivity index (χ3v) is 3.73. The van der Waals surface area contributed by atoms with Gasteiger partial charge in [-0.05, 0) is 0 Å². The SMILES string of the molecule is C=C1NC(=O)C(F)=CN1[C@@H]1O[C@@](CO)(CCl)[C@@H](O)[C@H]1F. The summed E-state index contributed by atoms with van der Waals surface area (Å²) in [4.78, 5) is 12.0. The Morgan fingerprint density at radius 2 is 2.30 bits per heavy atom. The number of amides is 1. The van der Waals surface area contributed by atoms with E-state index in [0.717, 1.165) is 4.90 Å². The topological polar surface area (TPSA) is 82.0 Å². The summed E-state index contributed by atoms with van der Waals surface area (Å²) >= 11 is 5.61. The third-order valence-electron chi connectivity index (χ3n) is 3.28. The lowest BCUT2D eigenvalue weighted by Crippen LogP contribution is -2.47. The highest BCUT2D eigenvalue weighted by Gasteiger charge is 2.56. The van der Waals surface area contributed by atoms with Gasteiger partial charge in [-0.15, -0.1) is 11.6 Å². The van der Waals surface area contributed by atoms with Crippen molar-refractivity contribution >= 4 is 17.5 Å². The van der Waals surface area contributed by atoms with Crippen molar-refractivity contribution in [2.75, 3.05) is 12.5 Å². The molecule has 9 heteroatoms. The van der Waals surface area contributed by atoms with Gasteiger partial charge in [0.2, 0.25) is 5.83 Å². The van der Waals surface area contributed by atoms with E-state index in [1.165, 1.54) is 0 Å². The Morgan fingerprint density at radius 3 is 2.80 bits per heavy atom. The molecule has 6 nitrogen and oxygen atoms in total. The van der Waals surface area contributed by atoms with Gasteiger partial charge < -0.3 is 25.2 Å². The molecule has 2 heterocycles. The van der Waals surface area contributed by atoms with Gasteiger partial charge >= 0.3 is 0 Å². The van der Waals surface area contributed by atoms with Crippen molar-refractivity contribution in [1.82, 2.24) is 10.2 Å². The molecule has 1 saturated heterocycles. The fourth-order valence-corrected chi connectivity index (χ4v) is 2.36. The minimum atomic E-state index is -1.98. The van der Waals surface area contributed by atoms with Crippen LogP contribution in [0.25, 0.3) is 0 Å². The molecule has 2 aliphatic rings. The lowest BCUT2D eigenvalue weighted by molar-refractivity contribution is -0.129. The van der Waals surface area contributed by atoms with E-state index in [9.17, 15) is 23.8 Å². The Labute approximate surface area is 118 Å². The van der Waals surface area contributed by atoms with E-state index >= 15 is 0 Å². The smallest absolute Gasteiger partial charge is 0.287 e. The molecule has 0 unspecified atom stereocenters. The summed E-state index contributed by atoms with van der Waals surface area (Å²) in [5, 5.41) is 21.1.